The largest absolute Gasteiger partial charge is 0.457 e. The summed E-state index contributed by atoms with van der Waals surface area (Å²) in [6.45, 7) is 4.36. The molecule has 0 radical (unpaired) electrons. The molecule has 0 aliphatic rings. The van der Waals surface area contributed by atoms with Gasteiger partial charge in [-0.25, -0.2) is 4.98 Å². The molecule has 31 heavy (non-hydrogen) atoms. The number of nitrogens with one attached hydrogen (secondary N) is 2. The first-order chi connectivity index (χ1) is 15.0. The molecular formula is C25H24N4O2. The molecule has 6 nitrogen and oxygen atoms in total. The number of hydrogen-bond donors (Lipinski definition) is 2. The number of aromatic nitrogens is 2. The van der Waals surface area contributed by atoms with Gasteiger partial charge in [0, 0.05) is 30.4 Å². The minimum atomic E-state index is -0.257. The number of hydrogen-bond acceptors (Lipinski definition) is 5. The van der Waals surface area contributed by atoms with Crippen LogP contribution in [0.15, 0.2) is 72.9 Å². The third-order valence-electron chi connectivity index (χ3n) is 4.91. The standard InChI is InChI=1S/C25H24N4O2/c1-16(2)17-5-4-6-19(13-17)28-24-10-7-18-14-20(8-9-22(18)29-24)31-21-11-12-27-23(15-21)25(30)26-3/h4-16H,1-3H3,(H,26,30)(H,28,29). The van der Waals surface area contributed by atoms with E-state index in [4.69, 9.17) is 9.72 Å². The van der Waals surface area contributed by atoms with Crippen LogP contribution >= 0.6 is 0 Å². The van der Waals surface area contributed by atoms with Crippen LogP contribution < -0.4 is 15.4 Å². The fourth-order valence-corrected chi connectivity index (χ4v) is 3.22. The summed E-state index contributed by atoms with van der Waals surface area (Å²) in [4.78, 5) is 20.5. The van der Waals surface area contributed by atoms with E-state index < -0.39 is 0 Å². The summed E-state index contributed by atoms with van der Waals surface area (Å²) in [5.41, 5.74) is 3.46. The van der Waals surface area contributed by atoms with E-state index >= 15 is 0 Å². The maximum atomic E-state index is 11.8. The summed E-state index contributed by atoms with van der Waals surface area (Å²) >= 11 is 0. The Bertz CT molecular complexity index is 1240. The van der Waals surface area contributed by atoms with Crippen molar-refractivity contribution >= 4 is 28.3 Å². The van der Waals surface area contributed by atoms with Gasteiger partial charge in [0.15, 0.2) is 0 Å². The molecule has 0 fully saturated rings. The van der Waals surface area contributed by atoms with Gasteiger partial charge in [-0.15, -0.1) is 0 Å². The number of benzene rings is 2. The second kappa shape index (κ2) is 8.83. The van der Waals surface area contributed by atoms with Crippen LogP contribution in [0.3, 0.4) is 0 Å². The molecule has 0 spiro atoms. The Morgan fingerprint density at radius 2 is 1.81 bits per heavy atom. The van der Waals surface area contributed by atoms with Gasteiger partial charge in [-0.3, -0.25) is 9.78 Å². The molecule has 2 heterocycles. The van der Waals surface area contributed by atoms with E-state index in [1.807, 2.05) is 36.4 Å². The Hall–Kier alpha value is -3.93. The first-order valence-electron chi connectivity index (χ1n) is 10.2. The lowest BCUT2D eigenvalue weighted by Crippen LogP contribution is -2.18. The van der Waals surface area contributed by atoms with Gasteiger partial charge in [0.05, 0.1) is 5.52 Å². The van der Waals surface area contributed by atoms with Gasteiger partial charge in [-0.2, -0.15) is 0 Å². The second-order valence-electron chi connectivity index (χ2n) is 7.51. The van der Waals surface area contributed by atoms with Crippen molar-refractivity contribution < 1.29 is 9.53 Å². The second-order valence-corrected chi connectivity index (χ2v) is 7.51. The highest BCUT2D eigenvalue weighted by atomic mass is 16.5. The van der Waals surface area contributed by atoms with Gasteiger partial charge in [-0.1, -0.05) is 26.0 Å². The van der Waals surface area contributed by atoms with Crippen molar-refractivity contribution in [1.82, 2.24) is 15.3 Å². The van der Waals surface area contributed by atoms with Gasteiger partial charge >= 0.3 is 0 Å². The molecule has 0 saturated heterocycles. The smallest absolute Gasteiger partial charge is 0.269 e. The van der Waals surface area contributed by atoms with Crippen LogP contribution in [0.25, 0.3) is 10.9 Å². The third-order valence-corrected chi connectivity index (χ3v) is 4.91. The van der Waals surface area contributed by atoms with Gasteiger partial charge in [0.1, 0.15) is 23.0 Å². The Morgan fingerprint density at radius 3 is 2.61 bits per heavy atom. The van der Waals surface area contributed by atoms with E-state index in [1.54, 1.807) is 25.4 Å². The summed E-state index contributed by atoms with van der Waals surface area (Å²) in [6.07, 6.45) is 1.55. The Kier molecular flexibility index (Phi) is 5.80. The number of pyridine rings is 2. The zero-order valence-electron chi connectivity index (χ0n) is 17.7. The molecule has 0 atom stereocenters. The highest BCUT2D eigenvalue weighted by molar-refractivity contribution is 5.92. The molecule has 2 aromatic heterocycles. The number of fused-ring (bicyclic) bond motifs is 1. The van der Waals surface area contributed by atoms with Crippen LogP contribution in [-0.2, 0) is 0 Å². The summed E-state index contributed by atoms with van der Waals surface area (Å²) in [6, 6.07) is 21.4. The summed E-state index contributed by atoms with van der Waals surface area (Å²) < 4.78 is 5.92. The predicted octanol–water partition coefficient (Wildman–Crippen LogP) is 5.65. The van der Waals surface area contributed by atoms with E-state index in [1.165, 1.54) is 5.56 Å². The van der Waals surface area contributed by atoms with Gasteiger partial charge in [0.25, 0.3) is 5.91 Å². The quantitative estimate of drug-likeness (QED) is 0.428. The Morgan fingerprint density at radius 1 is 0.968 bits per heavy atom. The van der Waals surface area contributed by atoms with Crippen LogP contribution in [0.4, 0.5) is 11.5 Å². The highest BCUT2D eigenvalue weighted by Gasteiger charge is 2.08. The SMILES string of the molecule is CNC(=O)c1cc(Oc2ccc3nc(Nc4cccc(C(C)C)c4)ccc3c2)ccn1. The molecule has 1 amide bonds. The van der Waals surface area contributed by atoms with Crippen LogP contribution in [0, 0.1) is 0 Å². The fraction of sp³-hybridized carbons (Fsp3) is 0.160. The number of amides is 1. The molecule has 0 bridgehead atoms. The van der Waals surface area contributed by atoms with E-state index in [2.05, 4.69) is 47.7 Å². The number of ether oxygens (including phenoxy) is 1. The molecule has 0 saturated carbocycles. The Balaban J connectivity index is 1.53. The van der Waals surface area contributed by atoms with Crippen molar-refractivity contribution in [2.24, 2.45) is 0 Å². The zero-order chi connectivity index (χ0) is 21.8. The molecule has 4 rings (SSSR count). The van der Waals surface area contributed by atoms with Crippen LogP contribution in [0.5, 0.6) is 11.5 Å². The van der Waals surface area contributed by atoms with Crippen LogP contribution in [-0.4, -0.2) is 22.9 Å². The molecule has 6 heteroatoms. The maximum absolute atomic E-state index is 11.8. The minimum Gasteiger partial charge on any atom is -0.457 e. The van der Waals surface area contributed by atoms with Gasteiger partial charge in [-0.05, 0) is 60.0 Å². The molecular weight excluding hydrogens is 388 g/mol. The van der Waals surface area contributed by atoms with Gasteiger partial charge in [0.2, 0.25) is 0 Å². The molecule has 156 valence electrons. The van der Waals surface area contributed by atoms with Crippen molar-refractivity contribution in [3.63, 3.8) is 0 Å². The Labute approximate surface area is 181 Å². The number of rotatable bonds is 6. The van der Waals surface area contributed by atoms with Crippen LogP contribution in [0.2, 0.25) is 0 Å². The van der Waals surface area contributed by atoms with E-state index in [0.717, 1.165) is 22.4 Å². The maximum Gasteiger partial charge on any atom is 0.269 e. The molecule has 0 aliphatic carbocycles. The van der Waals surface area contributed by atoms with E-state index in [0.29, 0.717) is 23.1 Å². The van der Waals surface area contributed by atoms with Crippen molar-refractivity contribution in [2.45, 2.75) is 19.8 Å². The summed E-state index contributed by atoms with van der Waals surface area (Å²) in [5, 5.41) is 6.90. The predicted molar refractivity (Wildman–Crippen MR) is 123 cm³/mol. The van der Waals surface area contributed by atoms with Crippen LogP contribution in [0.1, 0.15) is 35.8 Å². The van der Waals surface area contributed by atoms with Crippen molar-refractivity contribution in [1.29, 1.82) is 0 Å². The first-order valence-corrected chi connectivity index (χ1v) is 10.2. The number of nitrogens with zero attached hydrogens (tertiary/aromatic N) is 2. The minimum absolute atomic E-state index is 0.257. The lowest BCUT2D eigenvalue weighted by Gasteiger charge is -2.11. The molecule has 4 aromatic rings. The highest BCUT2D eigenvalue weighted by Crippen LogP contribution is 2.27. The molecule has 2 N–H and O–H groups in total. The van der Waals surface area contributed by atoms with Crippen molar-refractivity contribution in [3.05, 3.63) is 84.2 Å². The summed E-state index contributed by atoms with van der Waals surface area (Å²) in [5.74, 6) is 2.20. The lowest BCUT2D eigenvalue weighted by molar-refractivity contribution is 0.0958. The van der Waals surface area contributed by atoms with Gasteiger partial charge < -0.3 is 15.4 Å². The first kappa shape index (κ1) is 20.3. The normalized spacial score (nSPS) is 10.8. The molecule has 0 aliphatic heterocycles. The number of carbonyl (C=O) groups excluding carboxylic acids is 1. The van der Waals surface area contributed by atoms with E-state index in [-0.39, 0.29) is 5.91 Å². The number of carbonyl (C=O) groups is 1. The topological polar surface area (TPSA) is 76.1 Å². The third kappa shape index (κ3) is 4.80. The lowest BCUT2D eigenvalue weighted by atomic mass is 10.0. The average Bonchev–Trinajstić information content (AvgIpc) is 2.79. The van der Waals surface area contributed by atoms with Crippen molar-refractivity contribution in [3.8, 4) is 11.5 Å². The molecule has 2 aromatic carbocycles. The average molecular weight is 412 g/mol. The number of anilines is 2. The summed E-state index contributed by atoms with van der Waals surface area (Å²) in [7, 11) is 1.57. The zero-order valence-corrected chi connectivity index (χ0v) is 17.7. The van der Waals surface area contributed by atoms with Crippen molar-refractivity contribution in [2.75, 3.05) is 12.4 Å². The monoisotopic (exact) mass is 412 g/mol. The molecule has 0 unspecified atom stereocenters. The fourth-order valence-electron chi connectivity index (χ4n) is 3.22. The van der Waals surface area contributed by atoms with E-state index in [9.17, 15) is 4.79 Å².